The first-order valence-corrected chi connectivity index (χ1v) is 4.92. The number of aliphatic hydroxyl groups excluding tert-OH is 3. The lowest BCUT2D eigenvalue weighted by Gasteiger charge is -2.47. The Balaban J connectivity index is 2.12. The van der Waals surface area contributed by atoms with Crippen LogP contribution < -0.4 is 0 Å². The van der Waals surface area contributed by atoms with Gasteiger partial charge in [0.25, 0.3) is 0 Å². The Kier molecular flexibility index (Phi) is 2.74. The van der Waals surface area contributed by atoms with Gasteiger partial charge in [0, 0.05) is 0 Å². The molecule has 88 valence electrons. The Morgan fingerprint density at radius 2 is 1.80 bits per heavy atom. The zero-order chi connectivity index (χ0) is 11.2. The van der Waals surface area contributed by atoms with Crippen LogP contribution in [0.5, 0.6) is 0 Å². The third-order valence-electron chi connectivity index (χ3n) is 2.67. The van der Waals surface area contributed by atoms with Crippen LogP contribution >= 0.6 is 0 Å². The fourth-order valence-corrected chi connectivity index (χ4v) is 1.84. The number of rotatable bonds is 0. The lowest BCUT2D eigenvalue weighted by Crippen LogP contribution is -2.64. The monoisotopic (exact) mass is 220 g/mol. The number of ether oxygens (including phenoxy) is 3. The van der Waals surface area contributed by atoms with E-state index in [0.29, 0.717) is 0 Å². The van der Waals surface area contributed by atoms with E-state index in [1.54, 1.807) is 13.8 Å². The van der Waals surface area contributed by atoms with Gasteiger partial charge < -0.3 is 29.5 Å². The van der Waals surface area contributed by atoms with Gasteiger partial charge in [-0.05, 0) is 13.8 Å². The summed E-state index contributed by atoms with van der Waals surface area (Å²) in [5.74, 6) is -0.812. The fraction of sp³-hybridized carbons (Fsp3) is 1.00. The number of hydrogen-bond donors (Lipinski definition) is 3. The van der Waals surface area contributed by atoms with Crippen LogP contribution in [0.15, 0.2) is 0 Å². The maximum absolute atomic E-state index is 9.70. The second-order valence-electron chi connectivity index (χ2n) is 4.34. The van der Waals surface area contributed by atoms with Crippen LogP contribution in [0.3, 0.4) is 0 Å². The van der Waals surface area contributed by atoms with Gasteiger partial charge in [-0.1, -0.05) is 0 Å². The second kappa shape index (κ2) is 3.65. The normalized spacial score (nSPS) is 49.8. The molecule has 0 saturated carbocycles. The van der Waals surface area contributed by atoms with Gasteiger partial charge in [-0.25, -0.2) is 0 Å². The van der Waals surface area contributed by atoms with E-state index in [0.717, 1.165) is 0 Å². The van der Waals surface area contributed by atoms with Crippen molar-refractivity contribution in [3.8, 4) is 0 Å². The molecular formula is C9H16O6. The van der Waals surface area contributed by atoms with Crippen LogP contribution in [0.1, 0.15) is 13.8 Å². The number of aliphatic hydroxyl groups is 3. The molecule has 5 atom stereocenters. The third-order valence-corrected chi connectivity index (χ3v) is 2.67. The van der Waals surface area contributed by atoms with Crippen LogP contribution in [-0.2, 0) is 14.2 Å². The first kappa shape index (κ1) is 11.3. The van der Waals surface area contributed by atoms with E-state index in [1.807, 2.05) is 0 Å². The number of hydrogen-bond acceptors (Lipinski definition) is 6. The minimum absolute atomic E-state index is 0.221. The molecule has 0 radical (unpaired) electrons. The molecule has 6 heteroatoms. The van der Waals surface area contributed by atoms with E-state index in [9.17, 15) is 15.3 Å². The first-order chi connectivity index (χ1) is 6.91. The molecule has 0 aromatic rings. The molecule has 2 saturated heterocycles. The molecule has 0 aromatic carbocycles. The van der Waals surface area contributed by atoms with Gasteiger partial charge in [0.2, 0.25) is 0 Å². The second-order valence-corrected chi connectivity index (χ2v) is 4.34. The highest BCUT2D eigenvalue weighted by Crippen LogP contribution is 2.31. The van der Waals surface area contributed by atoms with Crippen molar-refractivity contribution >= 4 is 0 Å². The SMILES string of the molecule is CC1(C)OC[C@H]2OC(O)[C@H](O)[C@H](O)[C@H]2O1. The van der Waals surface area contributed by atoms with E-state index in [2.05, 4.69) is 0 Å². The Morgan fingerprint density at radius 3 is 2.47 bits per heavy atom. The minimum Gasteiger partial charge on any atom is -0.387 e. The van der Waals surface area contributed by atoms with Crippen molar-refractivity contribution in [2.24, 2.45) is 0 Å². The van der Waals surface area contributed by atoms with Gasteiger partial charge >= 0.3 is 0 Å². The maximum Gasteiger partial charge on any atom is 0.184 e. The van der Waals surface area contributed by atoms with Gasteiger partial charge in [0.05, 0.1) is 6.61 Å². The molecule has 0 bridgehead atoms. The molecule has 15 heavy (non-hydrogen) atoms. The third kappa shape index (κ3) is 2.01. The summed E-state index contributed by atoms with van der Waals surface area (Å²) in [7, 11) is 0. The van der Waals surface area contributed by atoms with Crippen LogP contribution in [-0.4, -0.2) is 58.4 Å². The van der Waals surface area contributed by atoms with Crippen molar-refractivity contribution in [2.75, 3.05) is 6.61 Å². The van der Waals surface area contributed by atoms with Crippen LogP contribution in [0.25, 0.3) is 0 Å². The molecule has 0 aliphatic carbocycles. The molecule has 3 N–H and O–H groups in total. The summed E-state index contributed by atoms with van der Waals surface area (Å²) in [5.41, 5.74) is 0. The lowest BCUT2D eigenvalue weighted by molar-refractivity contribution is -0.377. The Hall–Kier alpha value is -0.240. The van der Waals surface area contributed by atoms with Crippen LogP contribution in [0.2, 0.25) is 0 Å². The predicted octanol–water partition coefficient (Wildman–Crippen LogP) is -1.42. The molecule has 2 fully saturated rings. The summed E-state index contributed by atoms with van der Waals surface area (Å²) in [4.78, 5) is 0. The fourth-order valence-electron chi connectivity index (χ4n) is 1.84. The molecule has 6 nitrogen and oxygen atoms in total. The van der Waals surface area contributed by atoms with Crippen molar-refractivity contribution in [3.05, 3.63) is 0 Å². The van der Waals surface area contributed by atoms with E-state index in [4.69, 9.17) is 14.2 Å². The van der Waals surface area contributed by atoms with Crippen molar-refractivity contribution < 1.29 is 29.5 Å². The highest BCUT2D eigenvalue weighted by atomic mass is 16.7. The summed E-state index contributed by atoms with van der Waals surface area (Å²) in [6.45, 7) is 3.65. The topological polar surface area (TPSA) is 88.4 Å². The predicted molar refractivity (Wildman–Crippen MR) is 47.8 cm³/mol. The Bertz CT molecular complexity index is 241. The molecule has 2 rings (SSSR count). The summed E-state index contributed by atoms with van der Waals surface area (Å²) < 4.78 is 15.8. The summed E-state index contributed by atoms with van der Waals surface area (Å²) in [5, 5.41) is 28.4. The molecule has 0 aromatic heterocycles. The average Bonchev–Trinajstić information content (AvgIpc) is 2.16. The zero-order valence-electron chi connectivity index (χ0n) is 8.66. The standard InChI is InChI=1S/C9H16O6/c1-9(2)13-3-4-7(15-9)5(10)6(11)8(12)14-4/h4-8,10-12H,3H2,1-2H3/t4-,5+,6-,7+,8?/m1/s1. The van der Waals surface area contributed by atoms with Crippen molar-refractivity contribution in [2.45, 2.75) is 50.3 Å². The molecule has 2 heterocycles. The molecule has 0 amide bonds. The van der Waals surface area contributed by atoms with Crippen molar-refractivity contribution in [1.82, 2.24) is 0 Å². The quantitative estimate of drug-likeness (QED) is 0.464. The molecular weight excluding hydrogens is 204 g/mol. The van der Waals surface area contributed by atoms with Gasteiger partial charge in [0.15, 0.2) is 12.1 Å². The molecule has 2 aliphatic rings. The summed E-state index contributed by atoms with van der Waals surface area (Å²) in [6.07, 6.45) is -5.13. The van der Waals surface area contributed by atoms with Crippen molar-refractivity contribution in [3.63, 3.8) is 0 Å². The van der Waals surface area contributed by atoms with Gasteiger partial charge in [-0.2, -0.15) is 0 Å². The highest BCUT2D eigenvalue weighted by Gasteiger charge is 2.49. The van der Waals surface area contributed by atoms with Gasteiger partial charge in [-0.15, -0.1) is 0 Å². The maximum atomic E-state index is 9.70. The Morgan fingerprint density at radius 1 is 1.13 bits per heavy atom. The lowest BCUT2D eigenvalue weighted by atomic mass is 9.98. The summed E-state index contributed by atoms with van der Waals surface area (Å²) in [6, 6.07) is 0. The van der Waals surface area contributed by atoms with E-state index in [1.165, 1.54) is 0 Å². The van der Waals surface area contributed by atoms with Gasteiger partial charge in [-0.3, -0.25) is 0 Å². The Labute approximate surface area is 87.4 Å². The van der Waals surface area contributed by atoms with E-state index in [-0.39, 0.29) is 6.61 Å². The van der Waals surface area contributed by atoms with E-state index >= 15 is 0 Å². The first-order valence-electron chi connectivity index (χ1n) is 4.92. The average molecular weight is 220 g/mol. The molecule has 1 unspecified atom stereocenters. The molecule has 0 spiro atoms. The van der Waals surface area contributed by atoms with Gasteiger partial charge in [0.1, 0.15) is 24.4 Å². The minimum atomic E-state index is -1.39. The van der Waals surface area contributed by atoms with Crippen LogP contribution in [0.4, 0.5) is 0 Å². The van der Waals surface area contributed by atoms with Crippen molar-refractivity contribution in [1.29, 1.82) is 0 Å². The smallest absolute Gasteiger partial charge is 0.184 e. The largest absolute Gasteiger partial charge is 0.387 e. The zero-order valence-corrected chi connectivity index (χ0v) is 8.66. The number of fused-ring (bicyclic) bond motifs is 1. The van der Waals surface area contributed by atoms with Crippen LogP contribution in [0, 0.1) is 0 Å². The van der Waals surface area contributed by atoms with E-state index < -0.39 is 36.5 Å². The highest BCUT2D eigenvalue weighted by molar-refractivity contribution is 4.92. The summed E-state index contributed by atoms with van der Waals surface area (Å²) >= 11 is 0. The molecule has 2 aliphatic heterocycles.